The zero-order chi connectivity index (χ0) is 11.3. The number of hydrogen-bond donors (Lipinski definition) is 0. The molecule has 0 radical (unpaired) electrons. The lowest BCUT2D eigenvalue weighted by Gasteiger charge is -2.04. The summed E-state index contributed by atoms with van der Waals surface area (Å²) in [6.07, 6.45) is 0.446. The van der Waals surface area contributed by atoms with Gasteiger partial charge in [-0.3, -0.25) is 4.18 Å². The molecule has 0 saturated carbocycles. The van der Waals surface area contributed by atoms with Crippen LogP contribution in [0.5, 0.6) is 0 Å². The van der Waals surface area contributed by atoms with Crippen LogP contribution in [0.25, 0.3) is 0 Å². The maximum atomic E-state index is 12.5. The van der Waals surface area contributed by atoms with Crippen LogP contribution >= 0.6 is 11.6 Å². The molecule has 0 spiro atoms. The minimum Gasteiger partial charge on any atom is -0.266 e. The van der Waals surface area contributed by atoms with Crippen molar-refractivity contribution in [3.05, 3.63) is 30.1 Å². The van der Waals surface area contributed by atoms with Gasteiger partial charge in [-0.2, -0.15) is 8.42 Å². The number of alkyl halides is 1. The number of halogens is 2. The molecule has 1 rings (SSSR count). The molecule has 0 saturated heterocycles. The maximum absolute atomic E-state index is 12.5. The lowest BCUT2D eigenvalue weighted by Crippen LogP contribution is -2.07. The standard InChI is InChI=1S/C9H10ClFO3S/c10-6-1-7-14-15(12,13)9-4-2-8(11)3-5-9/h2-5H,1,6-7H2. The minimum absolute atomic E-state index is 0.0310. The molecule has 0 heterocycles. The van der Waals surface area contributed by atoms with Crippen LogP contribution in [-0.2, 0) is 14.3 Å². The van der Waals surface area contributed by atoms with E-state index >= 15 is 0 Å². The summed E-state index contributed by atoms with van der Waals surface area (Å²) < 4.78 is 40.1. The van der Waals surface area contributed by atoms with Crippen LogP contribution in [0.1, 0.15) is 6.42 Å². The van der Waals surface area contributed by atoms with E-state index in [1.165, 1.54) is 0 Å². The van der Waals surface area contributed by atoms with Gasteiger partial charge in [0.15, 0.2) is 0 Å². The van der Waals surface area contributed by atoms with Crippen molar-refractivity contribution in [2.24, 2.45) is 0 Å². The molecule has 0 fully saturated rings. The second-order valence-electron chi connectivity index (χ2n) is 2.77. The molecule has 0 atom stereocenters. The Balaban J connectivity index is 2.73. The average molecular weight is 253 g/mol. The molecule has 6 heteroatoms. The Kier molecular flexibility index (Phi) is 4.50. The van der Waals surface area contributed by atoms with Crippen molar-refractivity contribution in [1.82, 2.24) is 0 Å². The first-order chi connectivity index (χ1) is 7.06. The van der Waals surface area contributed by atoms with Crippen molar-refractivity contribution >= 4 is 21.7 Å². The van der Waals surface area contributed by atoms with Crippen molar-refractivity contribution < 1.29 is 17.0 Å². The summed E-state index contributed by atoms with van der Waals surface area (Å²) in [5.74, 6) is -0.159. The van der Waals surface area contributed by atoms with Gasteiger partial charge in [-0.05, 0) is 30.7 Å². The third kappa shape index (κ3) is 3.77. The predicted molar refractivity (Wildman–Crippen MR) is 54.9 cm³/mol. The smallest absolute Gasteiger partial charge is 0.266 e. The van der Waals surface area contributed by atoms with Crippen molar-refractivity contribution in [3.8, 4) is 0 Å². The third-order valence-corrected chi connectivity index (χ3v) is 3.21. The van der Waals surface area contributed by atoms with Crippen LogP contribution in [-0.4, -0.2) is 20.9 Å². The van der Waals surface area contributed by atoms with E-state index < -0.39 is 15.9 Å². The Hall–Kier alpha value is -0.650. The Morgan fingerprint density at radius 3 is 2.40 bits per heavy atom. The van der Waals surface area contributed by atoms with E-state index in [4.69, 9.17) is 11.6 Å². The molecule has 0 aliphatic heterocycles. The van der Waals surface area contributed by atoms with Gasteiger partial charge < -0.3 is 0 Å². The second-order valence-corrected chi connectivity index (χ2v) is 4.77. The van der Waals surface area contributed by atoms with Gasteiger partial charge in [0.25, 0.3) is 10.1 Å². The molecule has 0 aliphatic rings. The quantitative estimate of drug-likeness (QED) is 0.458. The van der Waals surface area contributed by atoms with Crippen LogP contribution in [0, 0.1) is 5.82 Å². The third-order valence-electron chi connectivity index (χ3n) is 1.62. The zero-order valence-electron chi connectivity index (χ0n) is 7.82. The van der Waals surface area contributed by atoms with Crippen LogP contribution in [0.3, 0.4) is 0 Å². The summed E-state index contributed by atoms with van der Waals surface area (Å²) in [5, 5.41) is 0. The molecule has 0 aliphatic carbocycles. The number of benzene rings is 1. The monoisotopic (exact) mass is 252 g/mol. The van der Waals surface area contributed by atoms with Gasteiger partial charge in [-0.1, -0.05) is 0 Å². The first kappa shape index (κ1) is 12.4. The molecular formula is C9H10ClFO3S. The second kappa shape index (κ2) is 5.44. The van der Waals surface area contributed by atoms with Crippen molar-refractivity contribution in [2.75, 3.05) is 12.5 Å². The molecule has 0 unspecified atom stereocenters. The number of rotatable bonds is 5. The molecule has 0 amide bonds. The molecule has 15 heavy (non-hydrogen) atoms. The van der Waals surface area contributed by atoms with E-state index in [0.717, 1.165) is 24.3 Å². The summed E-state index contributed by atoms with van der Waals surface area (Å²) in [7, 11) is -3.77. The van der Waals surface area contributed by atoms with E-state index in [1.807, 2.05) is 0 Å². The van der Waals surface area contributed by atoms with Gasteiger partial charge in [-0.25, -0.2) is 4.39 Å². The SMILES string of the molecule is O=S(=O)(OCCCCl)c1ccc(F)cc1. The summed E-state index contributed by atoms with van der Waals surface area (Å²) in [5.41, 5.74) is 0. The van der Waals surface area contributed by atoms with Gasteiger partial charge in [0, 0.05) is 5.88 Å². The van der Waals surface area contributed by atoms with Gasteiger partial charge in [0.2, 0.25) is 0 Å². The molecule has 0 aromatic heterocycles. The molecule has 84 valence electrons. The fourth-order valence-corrected chi connectivity index (χ4v) is 1.94. The Morgan fingerprint density at radius 2 is 1.87 bits per heavy atom. The zero-order valence-corrected chi connectivity index (χ0v) is 9.39. The summed E-state index contributed by atoms with van der Waals surface area (Å²) in [4.78, 5) is -0.0570. The lowest BCUT2D eigenvalue weighted by atomic mass is 10.4. The fraction of sp³-hybridized carbons (Fsp3) is 0.333. The van der Waals surface area contributed by atoms with Crippen molar-refractivity contribution in [1.29, 1.82) is 0 Å². The summed E-state index contributed by atoms with van der Waals surface area (Å²) >= 11 is 5.37. The Bertz CT molecular complexity index is 402. The highest BCUT2D eigenvalue weighted by molar-refractivity contribution is 7.86. The van der Waals surface area contributed by atoms with E-state index in [2.05, 4.69) is 4.18 Å². The van der Waals surface area contributed by atoms with E-state index in [0.29, 0.717) is 12.3 Å². The molecule has 0 N–H and O–H groups in total. The summed E-state index contributed by atoms with van der Waals surface area (Å²) in [6.45, 7) is 0.0310. The Labute approximate surface area is 92.9 Å². The van der Waals surface area contributed by atoms with Crippen LogP contribution in [0.4, 0.5) is 4.39 Å². The highest BCUT2D eigenvalue weighted by Gasteiger charge is 2.14. The van der Waals surface area contributed by atoms with Crippen molar-refractivity contribution in [2.45, 2.75) is 11.3 Å². The van der Waals surface area contributed by atoms with E-state index in [9.17, 15) is 12.8 Å². The van der Waals surface area contributed by atoms with Crippen LogP contribution in [0.2, 0.25) is 0 Å². The van der Waals surface area contributed by atoms with Crippen LogP contribution < -0.4 is 0 Å². The largest absolute Gasteiger partial charge is 0.296 e. The molecule has 1 aromatic rings. The van der Waals surface area contributed by atoms with Crippen molar-refractivity contribution in [3.63, 3.8) is 0 Å². The fourth-order valence-electron chi connectivity index (χ4n) is 0.892. The van der Waals surface area contributed by atoms with E-state index in [1.54, 1.807) is 0 Å². The van der Waals surface area contributed by atoms with E-state index in [-0.39, 0.29) is 11.5 Å². The average Bonchev–Trinajstić information content (AvgIpc) is 2.18. The first-order valence-corrected chi connectivity index (χ1v) is 6.21. The Morgan fingerprint density at radius 1 is 1.27 bits per heavy atom. The molecule has 3 nitrogen and oxygen atoms in total. The molecule has 1 aromatic carbocycles. The van der Waals surface area contributed by atoms with Crippen LogP contribution in [0.15, 0.2) is 29.2 Å². The lowest BCUT2D eigenvalue weighted by molar-refractivity contribution is 0.319. The normalized spacial score (nSPS) is 11.6. The number of hydrogen-bond acceptors (Lipinski definition) is 3. The molecule has 0 bridgehead atoms. The highest BCUT2D eigenvalue weighted by Crippen LogP contribution is 2.13. The van der Waals surface area contributed by atoms with Gasteiger partial charge in [0.1, 0.15) is 5.82 Å². The summed E-state index contributed by atoms with van der Waals surface area (Å²) in [6, 6.07) is 4.45. The topological polar surface area (TPSA) is 43.4 Å². The maximum Gasteiger partial charge on any atom is 0.296 e. The minimum atomic E-state index is -3.77. The van der Waals surface area contributed by atoms with Gasteiger partial charge in [0.05, 0.1) is 11.5 Å². The highest BCUT2D eigenvalue weighted by atomic mass is 35.5. The first-order valence-electron chi connectivity index (χ1n) is 4.27. The predicted octanol–water partition coefficient (Wildman–Crippen LogP) is 2.16. The van der Waals surface area contributed by atoms with Gasteiger partial charge >= 0.3 is 0 Å². The van der Waals surface area contributed by atoms with Gasteiger partial charge in [-0.15, -0.1) is 11.6 Å². The molecular weight excluding hydrogens is 243 g/mol.